The summed E-state index contributed by atoms with van der Waals surface area (Å²) in [5, 5.41) is 11.9. The van der Waals surface area contributed by atoms with Gasteiger partial charge in [0, 0.05) is 24.5 Å². The van der Waals surface area contributed by atoms with E-state index in [0.717, 1.165) is 6.26 Å². The largest absolute Gasteiger partial charge is 0.478 e. The summed E-state index contributed by atoms with van der Waals surface area (Å²) in [5.41, 5.74) is -0.310. The average Bonchev–Trinajstić information content (AvgIpc) is 2.23. The third kappa shape index (κ3) is 5.23. The highest BCUT2D eigenvalue weighted by atomic mass is 32.2. The minimum atomic E-state index is -3.33. The van der Waals surface area contributed by atoms with E-state index in [0.29, 0.717) is 5.69 Å². The zero-order chi connectivity index (χ0) is 14.7. The Labute approximate surface area is 112 Å². The fourth-order valence-electron chi connectivity index (χ4n) is 1.57. The monoisotopic (exact) mass is 287 g/mol. The van der Waals surface area contributed by atoms with Crippen molar-refractivity contribution < 1.29 is 18.3 Å². The number of carboxylic acids is 1. The Morgan fingerprint density at radius 2 is 2.11 bits per heavy atom. The van der Waals surface area contributed by atoms with Gasteiger partial charge in [0.05, 0.1) is 11.9 Å². The van der Waals surface area contributed by atoms with Gasteiger partial charge >= 0.3 is 5.97 Å². The number of aromatic carboxylic acids is 1. The van der Waals surface area contributed by atoms with Crippen molar-refractivity contribution in [2.45, 2.75) is 19.4 Å². The Morgan fingerprint density at radius 3 is 2.63 bits per heavy atom. The molecule has 1 aromatic heterocycles. The normalized spacial score (nSPS) is 12.2. The summed E-state index contributed by atoms with van der Waals surface area (Å²) in [6.07, 6.45) is 3.78. The van der Waals surface area contributed by atoms with Crippen LogP contribution in [-0.2, 0) is 10.0 Å². The first kappa shape index (κ1) is 15.4. The van der Waals surface area contributed by atoms with Gasteiger partial charge in [-0.25, -0.2) is 17.9 Å². The Balaban J connectivity index is 2.80. The van der Waals surface area contributed by atoms with Crippen molar-refractivity contribution in [1.82, 2.24) is 9.71 Å². The van der Waals surface area contributed by atoms with E-state index in [1.54, 1.807) is 13.8 Å². The number of nitrogens with one attached hydrogen (secondary N) is 2. The molecule has 0 aromatic carbocycles. The minimum Gasteiger partial charge on any atom is -0.478 e. The third-order valence-corrected chi connectivity index (χ3v) is 3.16. The molecule has 0 bridgehead atoms. The summed E-state index contributed by atoms with van der Waals surface area (Å²) in [4.78, 5) is 14.7. The van der Waals surface area contributed by atoms with E-state index in [9.17, 15) is 13.2 Å². The summed E-state index contributed by atoms with van der Waals surface area (Å²) in [6, 6.07) is 1.53. The molecule has 1 aromatic rings. The second-order valence-corrected chi connectivity index (χ2v) is 6.59. The molecular weight excluding hydrogens is 270 g/mol. The van der Waals surface area contributed by atoms with Gasteiger partial charge in [0.2, 0.25) is 10.0 Å². The highest BCUT2D eigenvalue weighted by Crippen LogP contribution is 2.15. The molecule has 8 heteroatoms. The van der Waals surface area contributed by atoms with Crippen molar-refractivity contribution in [2.75, 3.05) is 18.1 Å². The number of hydrogen-bond donors (Lipinski definition) is 3. The Hall–Kier alpha value is -1.67. The average molecular weight is 287 g/mol. The molecule has 0 unspecified atom stereocenters. The number of hydrogen-bond acceptors (Lipinski definition) is 5. The summed E-state index contributed by atoms with van der Waals surface area (Å²) in [7, 11) is -3.33. The number of rotatable bonds is 6. The minimum absolute atomic E-state index is 0.0395. The van der Waals surface area contributed by atoms with Crippen molar-refractivity contribution in [3.8, 4) is 0 Å². The number of anilines is 1. The number of carbonyl (C=O) groups is 1. The number of sulfonamides is 1. The van der Waals surface area contributed by atoms with Gasteiger partial charge in [0.25, 0.3) is 0 Å². The number of carboxylic acid groups (broad SMARTS) is 1. The van der Waals surface area contributed by atoms with Gasteiger partial charge in [-0.1, -0.05) is 0 Å². The maximum atomic E-state index is 11.2. The molecule has 0 aliphatic rings. The molecule has 0 atom stereocenters. The first-order valence-corrected chi connectivity index (χ1v) is 7.40. The summed E-state index contributed by atoms with van der Waals surface area (Å²) >= 11 is 0. The number of pyridine rings is 1. The molecule has 0 aliphatic carbocycles. The van der Waals surface area contributed by atoms with Crippen LogP contribution in [0.2, 0.25) is 0 Å². The van der Waals surface area contributed by atoms with Crippen molar-refractivity contribution >= 4 is 21.7 Å². The molecule has 19 heavy (non-hydrogen) atoms. The molecule has 3 N–H and O–H groups in total. The van der Waals surface area contributed by atoms with Crippen LogP contribution in [0, 0.1) is 0 Å². The summed E-state index contributed by atoms with van der Waals surface area (Å²) < 4.78 is 24.8. The topological polar surface area (TPSA) is 108 Å². The van der Waals surface area contributed by atoms with Gasteiger partial charge in [-0.15, -0.1) is 0 Å². The van der Waals surface area contributed by atoms with E-state index in [1.807, 2.05) is 0 Å². The molecule has 0 aliphatic heterocycles. The highest BCUT2D eigenvalue weighted by molar-refractivity contribution is 7.88. The van der Waals surface area contributed by atoms with E-state index >= 15 is 0 Å². The van der Waals surface area contributed by atoms with Crippen LogP contribution in [0.1, 0.15) is 24.2 Å². The fraction of sp³-hybridized carbons (Fsp3) is 0.455. The Bertz CT molecular complexity index is 569. The van der Waals surface area contributed by atoms with Crippen LogP contribution in [-0.4, -0.2) is 42.8 Å². The van der Waals surface area contributed by atoms with E-state index in [-0.39, 0.29) is 12.1 Å². The lowest BCUT2D eigenvalue weighted by atomic mass is 10.1. The van der Waals surface area contributed by atoms with Crippen molar-refractivity contribution in [3.05, 3.63) is 24.0 Å². The Morgan fingerprint density at radius 1 is 1.47 bits per heavy atom. The number of nitrogens with zero attached hydrogens (tertiary/aromatic N) is 1. The fourth-order valence-corrected chi connectivity index (χ4v) is 2.65. The third-order valence-electron chi connectivity index (χ3n) is 2.23. The molecule has 0 saturated carbocycles. The van der Waals surface area contributed by atoms with E-state index in [4.69, 9.17) is 5.11 Å². The predicted molar refractivity (Wildman–Crippen MR) is 71.7 cm³/mol. The van der Waals surface area contributed by atoms with Crippen LogP contribution in [0.15, 0.2) is 18.5 Å². The van der Waals surface area contributed by atoms with Gasteiger partial charge in [0.1, 0.15) is 5.56 Å². The van der Waals surface area contributed by atoms with Gasteiger partial charge in [-0.3, -0.25) is 4.98 Å². The van der Waals surface area contributed by atoms with Crippen LogP contribution >= 0.6 is 0 Å². The Kier molecular flexibility index (Phi) is 4.48. The van der Waals surface area contributed by atoms with Crippen LogP contribution in [0.5, 0.6) is 0 Å². The first-order chi connectivity index (χ1) is 8.61. The van der Waals surface area contributed by atoms with Crippen LogP contribution in [0.3, 0.4) is 0 Å². The van der Waals surface area contributed by atoms with Crippen LogP contribution in [0.25, 0.3) is 0 Å². The van der Waals surface area contributed by atoms with Crippen molar-refractivity contribution in [1.29, 1.82) is 0 Å². The van der Waals surface area contributed by atoms with Gasteiger partial charge < -0.3 is 10.4 Å². The zero-order valence-electron chi connectivity index (χ0n) is 11.0. The molecule has 0 spiro atoms. The highest BCUT2D eigenvalue weighted by Gasteiger charge is 2.22. The zero-order valence-corrected chi connectivity index (χ0v) is 11.8. The van der Waals surface area contributed by atoms with Crippen LogP contribution in [0.4, 0.5) is 5.69 Å². The summed E-state index contributed by atoms with van der Waals surface area (Å²) in [5.74, 6) is -1.09. The van der Waals surface area contributed by atoms with E-state index in [1.165, 1.54) is 18.5 Å². The quantitative estimate of drug-likeness (QED) is 0.704. The molecule has 7 nitrogen and oxygen atoms in total. The molecule has 106 valence electrons. The SMILES string of the molecule is CC(C)(CNc1ccncc1C(=O)O)NS(C)(=O)=O. The molecule has 1 heterocycles. The number of aromatic nitrogens is 1. The second-order valence-electron chi connectivity index (χ2n) is 4.84. The van der Waals surface area contributed by atoms with E-state index in [2.05, 4.69) is 15.0 Å². The molecule has 1 rings (SSSR count). The second kappa shape index (κ2) is 5.54. The molecule has 0 amide bonds. The lowest BCUT2D eigenvalue weighted by Gasteiger charge is -2.26. The molecule has 0 saturated heterocycles. The predicted octanol–water partition coefficient (Wildman–Crippen LogP) is 0.519. The van der Waals surface area contributed by atoms with Gasteiger partial charge in [-0.2, -0.15) is 0 Å². The standard InChI is InChI=1S/C11H17N3O4S/c1-11(2,14-19(3,17)18)7-13-9-4-5-12-6-8(9)10(15)16/h4-6,14H,7H2,1-3H3,(H,12,13)(H,15,16). The van der Waals surface area contributed by atoms with Gasteiger partial charge in [-0.05, 0) is 19.9 Å². The van der Waals surface area contributed by atoms with Crippen LogP contribution < -0.4 is 10.0 Å². The van der Waals surface area contributed by atoms with Crippen molar-refractivity contribution in [2.24, 2.45) is 0 Å². The summed E-state index contributed by atoms with van der Waals surface area (Å²) in [6.45, 7) is 3.63. The lowest BCUT2D eigenvalue weighted by molar-refractivity contribution is 0.0697. The van der Waals surface area contributed by atoms with E-state index < -0.39 is 21.5 Å². The molecule has 0 fully saturated rings. The first-order valence-electron chi connectivity index (χ1n) is 5.51. The maximum Gasteiger partial charge on any atom is 0.339 e. The van der Waals surface area contributed by atoms with Crippen molar-refractivity contribution in [3.63, 3.8) is 0 Å². The van der Waals surface area contributed by atoms with Gasteiger partial charge in [0.15, 0.2) is 0 Å². The maximum absolute atomic E-state index is 11.2. The smallest absolute Gasteiger partial charge is 0.339 e. The lowest BCUT2D eigenvalue weighted by Crippen LogP contribution is -2.47. The molecular formula is C11H17N3O4S. The molecule has 0 radical (unpaired) electrons.